The van der Waals surface area contributed by atoms with Gasteiger partial charge in [-0.15, -0.1) is 0 Å². The van der Waals surface area contributed by atoms with Crippen LogP contribution in [0, 0.1) is 11.2 Å². The van der Waals surface area contributed by atoms with E-state index < -0.39 is 11.0 Å². The second-order valence-electron chi connectivity index (χ2n) is 6.14. The Kier molecular flexibility index (Phi) is 4.35. The van der Waals surface area contributed by atoms with Crippen LogP contribution in [0.5, 0.6) is 0 Å². The summed E-state index contributed by atoms with van der Waals surface area (Å²) in [4.78, 5) is 14.0. The van der Waals surface area contributed by atoms with Gasteiger partial charge in [0.1, 0.15) is 5.82 Å². The van der Waals surface area contributed by atoms with Gasteiger partial charge < -0.3 is 10.6 Å². The quantitative estimate of drug-likeness (QED) is 0.910. The number of nitrogens with two attached hydrogens (primary N) is 1. The molecule has 0 saturated heterocycles. The minimum Gasteiger partial charge on any atom is -0.341 e. The molecule has 19 heavy (non-hydrogen) atoms. The summed E-state index contributed by atoms with van der Waals surface area (Å²) < 4.78 is 13.1. The van der Waals surface area contributed by atoms with Crippen molar-refractivity contribution in [1.29, 1.82) is 0 Å². The number of carbonyl (C=O) groups excluding carboxylic acids is 1. The molecule has 1 aromatic carbocycles. The largest absolute Gasteiger partial charge is 0.341 e. The van der Waals surface area contributed by atoms with Gasteiger partial charge in [0, 0.05) is 19.1 Å². The van der Waals surface area contributed by atoms with E-state index in [1.165, 1.54) is 12.1 Å². The van der Waals surface area contributed by atoms with E-state index >= 15 is 0 Å². The van der Waals surface area contributed by atoms with Crippen molar-refractivity contribution in [2.45, 2.75) is 39.8 Å². The molecule has 0 heterocycles. The van der Waals surface area contributed by atoms with Crippen LogP contribution in [-0.4, -0.2) is 23.4 Å². The molecule has 106 valence electrons. The minimum atomic E-state index is -0.685. The molecule has 1 rings (SSSR count). The molecule has 0 saturated carbocycles. The number of amides is 1. The first-order valence-corrected chi connectivity index (χ1v) is 6.34. The van der Waals surface area contributed by atoms with Crippen molar-refractivity contribution in [1.82, 2.24) is 4.90 Å². The Balaban J connectivity index is 2.84. The van der Waals surface area contributed by atoms with Crippen LogP contribution in [0.3, 0.4) is 0 Å². The molecule has 0 radical (unpaired) electrons. The van der Waals surface area contributed by atoms with Gasteiger partial charge in [-0.05, 0) is 45.4 Å². The Morgan fingerprint density at radius 2 is 1.89 bits per heavy atom. The zero-order chi connectivity index (χ0) is 14.8. The smallest absolute Gasteiger partial charge is 0.230 e. The van der Waals surface area contributed by atoms with Crippen molar-refractivity contribution in [3.63, 3.8) is 0 Å². The lowest BCUT2D eigenvalue weighted by molar-refractivity contribution is -0.142. The van der Waals surface area contributed by atoms with Gasteiger partial charge in [-0.2, -0.15) is 0 Å². The zero-order valence-electron chi connectivity index (χ0n) is 12.3. The molecule has 0 aromatic heterocycles. The molecule has 0 aliphatic carbocycles. The number of nitrogens with zero attached hydrogens (tertiary/aromatic N) is 1. The molecular weight excluding hydrogens is 243 g/mol. The Hall–Kier alpha value is -1.42. The molecular formula is C15H23FN2O. The lowest BCUT2D eigenvalue weighted by atomic mass is 9.74. The van der Waals surface area contributed by atoms with Crippen molar-refractivity contribution >= 4 is 5.91 Å². The van der Waals surface area contributed by atoms with Gasteiger partial charge in [0.15, 0.2) is 0 Å². The van der Waals surface area contributed by atoms with E-state index in [1.54, 1.807) is 24.1 Å². The zero-order valence-corrected chi connectivity index (χ0v) is 12.3. The SMILES string of the molecule is CN(Cc1cccc(F)c1)C(=O)C(C)(C)C(C)(C)N. The number of hydrogen-bond donors (Lipinski definition) is 1. The number of halogens is 1. The lowest BCUT2D eigenvalue weighted by Crippen LogP contribution is -2.55. The Morgan fingerprint density at radius 1 is 1.32 bits per heavy atom. The normalized spacial score (nSPS) is 12.4. The van der Waals surface area contributed by atoms with Crippen LogP contribution >= 0.6 is 0 Å². The fourth-order valence-electron chi connectivity index (χ4n) is 1.73. The van der Waals surface area contributed by atoms with Crippen molar-refractivity contribution in [3.05, 3.63) is 35.6 Å². The maximum absolute atomic E-state index is 13.1. The summed E-state index contributed by atoms with van der Waals surface area (Å²) in [5.74, 6) is -0.346. The van der Waals surface area contributed by atoms with E-state index in [-0.39, 0.29) is 11.7 Å². The average Bonchev–Trinajstić information content (AvgIpc) is 2.26. The molecule has 0 atom stereocenters. The van der Waals surface area contributed by atoms with E-state index in [4.69, 9.17) is 5.73 Å². The summed E-state index contributed by atoms with van der Waals surface area (Å²) in [6.45, 7) is 7.70. The standard InChI is InChI=1S/C15H23FN2O/c1-14(2,15(3,4)17)13(19)18(5)10-11-7-6-8-12(16)9-11/h6-9H,10,17H2,1-5H3. The number of carbonyl (C=O) groups is 1. The van der Waals surface area contributed by atoms with Gasteiger partial charge in [0.2, 0.25) is 5.91 Å². The third-order valence-electron chi connectivity index (χ3n) is 3.80. The first-order chi connectivity index (χ1) is 8.55. The van der Waals surface area contributed by atoms with Crippen molar-refractivity contribution in [2.24, 2.45) is 11.1 Å². The Bertz CT molecular complexity index is 463. The second-order valence-corrected chi connectivity index (χ2v) is 6.14. The summed E-state index contributed by atoms with van der Waals surface area (Å²) in [6.07, 6.45) is 0. The lowest BCUT2D eigenvalue weighted by Gasteiger charge is -2.39. The maximum atomic E-state index is 13.1. The van der Waals surface area contributed by atoms with Crippen LogP contribution in [0.1, 0.15) is 33.3 Å². The topological polar surface area (TPSA) is 46.3 Å². The molecule has 0 bridgehead atoms. The molecule has 0 spiro atoms. The summed E-state index contributed by atoms with van der Waals surface area (Å²) >= 11 is 0. The molecule has 0 fully saturated rings. The van der Waals surface area contributed by atoms with Crippen molar-refractivity contribution in [2.75, 3.05) is 7.05 Å². The summed E-state index contributed by atoms with van der Waals surface area (Å²) in [6, 6.07) is 6.26. The summed E-state index contributed by atoms with van der Waals surface area (Å²) in [5.41, 5.74) is 5.52. The van der Waals surface area contributed by atoms with Crippen LogP contribution in [-0.2, 0) is 11.3 Å². The maximum Gasteiger partial charge on any atom is 0.230 e. The van der Waals surface area contributed by atoms with Gasteiger partial charge >= 0.3 is 0 Å². The van der Waals surface area contributed by atoms with Gasteiger partial charge in [0.05, 0.1) is 5.41 Å². The van der Waals surface area contributed by atoms with E-state index in [2.05, 4.69) is 0 Å². The van der Waals surface area contributed by atoms with E-state index in [1.807, 2.05) is 27.7 Å². The molecule has 4 heteroatoms. The molecule has 0 aliphatic heterocycles. The van der Waals surface area contributed by atoms with Gasteiger partial charge in [-0.25, -0.2) is 4.39 Å². The highest BCUT2D eigenvalue weighted by molar-refractivity contribution is 5.83. The van der Waals surface area contributed by atoms with Gasteiger partial charge in [-0.1, -0.05) is 12.1 Å². The monoisotopic (exact) mass is 266 g/mol. The highest BCUT2D eigenvalue weighted by Gasteiger charge is 2.41. The van der Waals surface area contributed by atoms with E-state index in [0.717, 1.165) is 5.56 Å². The first-order valence-electron chi connectivity index (χ1n) is 6.34. The molecule has 1 amide bonds. The first kappa shape index (κ1) is 15.6. The third-order valence-corrected chi connectivity index (χ3v) is 3.80. The van der Waals surface area contributed by atoms with Crippen LogP contribution in [0.2, 0.25) is 0 Å². The predicted molar refractivity (Wildman–Crippen MR) is 74.9 cm³/mol. The van der Waals surface area contributed by atoms with Crippen LogP contribution in [0.25, 0.3) is 0 Å². The van der Waals surface area contributed by atoms with Gasteiger partial charge in [-0.3, -0.25) is 4.79 Å². The fraction of sp³-hybridized carbons (Fsp3) is 0.533. The van der Waals surface area contributed by atoms with Crippen molar-refractivity contribution < 1.29 is 9.18 Å². The number of benzene rings is 1. The van der Waals surface area contributed by atoms with Crippen molar-refractivity contribution in [3.8, 4) is 0 Å². The van der Waals surface area contributed by atoms with Crippen LogP contribution < -0.4 is 5.73 Å². The molecule has 0 aliphatic rings. The van der Waals surface area contributed by atoms with Gasteiger partial charge in [0.25, 0.3) is 0 Å². The molecule has 2 N–H and O–H groups in total. The predicted octanol–water partition coefficient (Wildman–Crippen LogP) is 2.55. The molecule has 3 nitrogen and oxygen atoms in total. The van der Waals surface area contributed by atoms with E-state index in [9.17, 15) is 9.18 Å². The average molecular weight is 266 g/mol. The molecule has 0 unspecified atom stereocenters. The van der Waals surface area contributed by atoms with Crippen LogP contribution in [0.4, 0.5) is 4.39 Å². The summed E-state index contributed by atoms with van der Waals surface area (Å²) in [7, 11) is 1.71. The highest BCUT2D eigenvalue weighted by Crippen LogP contribution is 2.30. The Labute approximate surface area is 114 Å². The number of hydrogen-bond acceptors (Lipinski definition) is 2. The third kappa shape index (κ3) is 3.53. The highest BCUT2D eigenvalue weighted by atomic mass is 19.1. The summed E-state index contributed by atoms with van der Waals surface area (Å²) in [5, 5.41) is 0. The second kappa shape index (κ2) is 5.29. The number of rotatable bonds is 4. The fourth-order valence-corrected chi connectivity index (χ4v) is 1.73. The Morgan fingerprint density at radius 3 is 2.37 bits per heavy atom. The van der Waals surface area contributed by atoms with E-state index in [0.29, 0.717) is 6.54 Å². The minimum absolute atomic E-state index is 0.0516. The molecule has 1 aromatic rings. The van der Waals surface area contributed by atoms with Crippen LogP contribution in [0.15, 0.2) is 24.3 Å².